The fourth-order valence-electron chi connectivity index (χ4n) is 1.84. The van der Waals surface area contributed by atoms with Crippen LogP contribution < -0.4 is 5.32 Å². The SMILES string of the molecule is CCc1cc(C(=O)N[C@@H](C)c2cnn(C)c2)ccn1. The van der Waals surface area contributed by atoms with Gasteiger partial charge in [-0.15, -0.1) is 0 Å². The Morgan fingerprint density at radius 1 is 1.53 bits per heavy atom. The highest BCUT2D eigenvalue weighted by Crippen LogP contribution is 2.12. The Morgan fingerprint density at radius 2 is 2.32 bits per heavy atom. The van der Waals surface area contributed by atoms with Crippen LogP contribution in [0.15, 0.2) is 30.7 Å². The molecule has 0 aliphatic rings. The first-order chi connectivity index (χ1) is 9.10. The summed E-state index contributed by atoms with van der Waals surface area (Å²) in [5.41, 5.74) is 2.55. The largest absolute Gasteiger partial charge is 0.345 e. The second-order valence-corrected chi connectivity index (χ2v) is 4.53. The van der Waals surface area contributed by atoms with Gasteiger partial charge in [0.05, 0.1) is 12.2 Å². The van der Waals surface area contributed by atoms with Gasteiger partial charge in [-0.1, -0.05) is 6.92 Å². The lowest BCUT2D eigenvalue weighted by atomic mass is 10.1. The molecule has 1 atom stereocenters. The zero-order valence-electron chi connectivity index (χ0n) is 11.4. The highest BCUT2D eigenvalue weighted by atomic mass is 16.1. The molecule has 0 aliphatic heterocycles. The van der Waals surface area contributed by atoms with E-state index >= 15 is 0 Å². The maximum absolute atomic E-state index is 12.1. The van der Waals surface area contributed by atoms with Crippen molar-refractivity contribution in [1.29, 1.82) is 0 Å². The number of carbonyl (C=O) groups excluding carboxylic acids is 1. The van der Waals surface area contributed by atoms with Gasteiger partial charge in [0.1, 0.15) is 0 Å². The maximum atomic E-state index is 12.1. The molecule has 2 heterocycles. The van der Waals surface area contributed by atoms with E-state index < -0.39 is 0 Å². The van der Waals surface area contributed by atoms with Crippen LogP contribution in [-0.2, 0) is 13.5 Å². The molecule has 2 rings (SSSR count). The minimum Gasteiger partial charge on any atom is -0.345 e. The van der Waals surface area contributed by atoms with Gasteiger partial charge in [-0.05, 0) is 25.5 Å². The molecule has 0 unspecified atom stereocenters. The summed E-state index contributed by atoms with van der Waals surface area (Å²) in [6.45, 7) is 3.96. The number of amides is 1. The lowest BCUT2D eigenvalue weighted by Crippen LogP contribution is -2.26. The van der Waals surface area contributed by atoms with Gasteiger partial charge in [-0.3, -0.25) is 14.5 Å². The first-order valence-corrected chi connectivity index (χ1v) is 6.34. The molecule has 0 fully saturated rings. The Labute approximate surface area is 112 Å². The van der Waals surface area contributed by atoms with Crippen LogP contribution in [0.4, 0.5) is 0 Å². The van der Waals surface area contributed by atoms with Crippen LogP contribution >= 0.6 is 0 Å². The molecule has 100 valence electrons. The number of aryl methyl sites for hydroxylation is 2. The van der Waals surface area contributed by atoms with E-state index in [0.29, 0.717) is 5.56 Å². The Bertz CT molecular complexity index is 576. The van der Waals surface area contributed by atoms with Crippen molar-refractivity contribution in [2.75, 3.05) is 0 Å². The molecule has 0 aromatic carbocycles. The number of nitrogens with zero attached hydrogens (tertiary/aromatic N) is 3. The van der Waals surface area contributed by atoms with Crippen LogP contribution in [0.1, 0.15) is 41.5 Å². The van der Waals surface area contributed by atoms with E-state index in [0.717, 1.165) is 17.7 Å². The Hall–Kier alpha value is -2.17. The van der Waals surface area contributed by atoms with Crippen LogP contribution in [0.2, 0.25) is 0 Å². The highest BCUT2D eigenvalue weighted by Gasteiger charge is 2.13. The average molecular weight is 258 g/mol. The van der Waals surface area contributed by atoms with E-state index in [4.69, 9.17) is 0 Å². The minimum atomic E-state index is -0.0894. The smallest absolute Gasteiger partial charge is 0.251 e. The molecule has 0 radical (unpaired) electrons. The van der Waals surface area contributed by atoms with E-state index in [1.165, 1.54) is 0 Å². The van der Waals surface area contributed by atoms with E-state index in [9.17, 15) is 4.79 Å². The van der Waals surface area contributed by atoms with Crippen LogP contribution in [0.5, 0.6) is 0 Å². The van der Waals surface area contributed by atoms with Crippen LogP contribution in [0.3, 0.4) is 0 Å². The van der Waals surface area contributed by atoms with E-state index in [2.05, 4.69) is 15.4 Å². The monoisotopic (exact) mass is 258 g/mol. The second kappa shape index (κ2) is 5.65. The normalized spacial score (nSPS) is 12.2. The summed E-state index contributed by atoms with van der Waals surface area (Å²) in [5, 5.41) is 7.06. The van der Waals surface area contributed by atoms with Gasteiger partial charge < -0.3 is 5.32 Å². The molecule has 5 nitrogen and oxygen atoms in total. The molecule has 2 aromatic rings. The summed E-state index contributed by atoms with van der Waals surface area (Å²) in [5.74, 6) is -0.0894. The van der Waals surface area contributed by atoms with Gasteiger partial charge in [0.25, 0.3) is 5.91 Å². The molecule has 0 saturated carbocycles. The van der Waals surface area contributed by atoms with Crippen LogP contribution in [0, 0.1) is 0 Å². The van der Waals surface area contributed by atoms with Gasteiger partial charge in [0.15, 0.2) is 0 Å². The summed E-state index contributed by atoms with van der Waals surface area (Å²) in [6, 6.07) is 3.48. The fraction of sp³-hybridized carbons (Fsp3) is 0.357. The van der Waals surface area contributed by atoms with E-state index in [1.807, 2.05) is 33.2 Å². The third kappa shape index (κ3) is 3.19. The van der Waals surface area contributed by atoms with Gasteiger partial charge in [-0.25, -0.2) is 0 Å². The van der Waals surface area contributed by atoms with Crippen molar-refractivity contribution in [2.45, 2.75) is 26.3 Å². The van der Waals surface area contributed by atoms with Gasteiger partial charge in [-0.2, -0.15) is 5.10 Å². The van der Waals surface area contributed by atoms with Gasteiger partial charge >= 0.3 is 0 Å². The molecule has 0 bridgehead atoms. The summed E-state index contributed by atoms with van der Waals surface area (Å²) in [6.07, 6.45) is 6.14. The third-order valence-corrected chi connectivity index (χ3v) is 3.01. The Morgan fingerprint density at radius 3 is 2.95 bits per heavy atom. The zero-order chi connectivity index (χ0) is 13.8. The zero-order valence-corrected chi connectivity index (χ0v) is 11.4. The van der Waals surface area contributed by atoms with Crippen molar-refractivity contribution in [2.24, 2.45) is 7.05 Å². The summed E-state index contributed by atoms with van der Waals surface area (Å²) >= 11 is 0. The Balaban J connectivity index is 2.08. The first-order valence-electron chi connectivity index (χ1n) is 6.34. The fourth-order valence-corrected chi connectivity index (χ4v) is 1.84. The lowest BCUT2D eigenvalue weighted by Gasteiger charge is -2.12. The number of nitrogens with one attached hydrogen (secondary N) is 1. The minimum absolute atomic E-state index is 0.0700. The third-order valence-electron chi connectivity index (χ3n) is 3.01. The number of aromatic nitrogens is 3. The molecular weight excluding hydrogens is 240 g/mol. The predicted molar refractivity (Wildman–Crippen MR) is 72.7 cm³/mol. The number of carbonyl (C=O) groups is 1. The first kappa shape index (κ1) is 13.3. The number of hydrogen-bond donors (Lipinski definition) is 1. The molecule has 19 heavy (non-hydrogen) atoms. The van der Waals surface area contributed by atoms with E-state index in [1.54, 1.807) is 23.1 Å². The average Bonchev–Trinajstić information content (AvgIpc) is 2.85. The molecule has 0 aliphatic carbocycles. The van der Waals surface area contributed by atoms with Crippen molar-refractivity contribution in [3.8, 4) is 0 Å². The molecular formula is C14H18N4O. The van der Waals surface area contributed by atoms with Gasteiger partial charge in [0, 0.05) is 36.3 Å². The Kier molecular flexibility index (Phi) is 3.94. The number of hydrogen-bond acceptors (Lipinski definition) is 3. The quantitative estimate of drug-likeness (QED) is 0.910. The number of rotatable bonds is 4. The summed E-state index contributed by atoms with van der Waals surface area (Å²) < 4.78 is 1.72. The second-order valence-electron chi connectivity index (χ2n) is 4.53. The van der Waals surface area contributed by atoms with Crippen LogP contribution in [-0.4, -0.2) is 20.7 Å². The molecule has 1 N–H and O–H groups in total. The molecule has 5 heteroatoms. The standard InChI is InChI=1S/C14H18N4O/c1-4-13-7-11(5-6-15-13)14(19)17-10(2)12-8-16-18(3)9-12/h5-10H,4H2,1-3H3,(H,17,19)/t10-/m0/s1. The van der Waals surface area contributed by atoms with Crippen molar-refractivity contribution < 1.29 is 4.79 Å². The van der Waals surface area contributed by atoms with Crippen molar-refractivity contribution in [3.63, 3.8) is 0 Å². The van der Waals surface area contributed by atoms with Crippen molar-refractivity contribution >= 4 is 5.91 Å². The maximum Gasteiger partial charge on any atom is 0.251 e. The number of pyridine rings is 1. The predicted octanol–water partition coefficient (Wildman–Crippen LogP) is 1.87. The molecule has 0 spiro atoms. The molecule has 2 aromatic heterocycles. The summed E-state index contributed by atoms with van der Waals surface area (Å²) in [4.78, 5) is 16.3. The lowest BCUT2D eigenvalue weighted by molar-refractivity contribution is 0.0939. The molecule has 1 amide bonds. The van der Waals surface area contributed by atoms with E-state index in [-0.39, 0.29) is 11.9 Å². The van der Waals surface area contributed by atoms with Crippen molar-refractivity contribution in [1.82, 2.24) is 20.1 Å². The topological polar surface area (TPSA) is 59.8 Å². The van der Waals surface area contributed by atoms with Gasteiger partial charge in [0.2, 0.25) is 0 Å². The van der Waals surface area contributed by atoms with Crippen molar-refractivity contribution in [3.05, 3.63) is 47.5 Å². The molecule has 0 saturated heterocycles. The van der Waals surface area contributed by atoms with Crippen LogP contribution in [0.25, 0.3) is 0 Å². The summed E-state index contributed by atoms with van der Waals surface area (Å²) in [7, 11) is 1.86. The highest BCUT2D eigenvalue weighted by molar-refractivity contribution is 5.94.